The molecule has 2 N–H and O–H groups in total. The first-order valence-corrected chi connectivity index (χ1v) is 5.27. The van der Waals surface area contributed by atoms with Crippen LogP contribution in [0.2, 0.25) is 0 Å². The number of hydrogen-bond acceptors (Lipinski definition) is 2. The molecule has 4 nitrogen and oxygen atoms in total. The fourth-order valence-corrected chi connectivity index (χ4v) is 1.16. The first-order chi connectivity index (χ1) is 7.00. The van der Waals surface area contributed by atoms with Crippen molar-refractivity contribution in [3.63, 3.8) is 0 Å². The number of aromatic nitrogens is 2. The van der Waals surface area contributed by atoms with Crippen LogP contribution in [0.1, 0.15) is 33.0 Å². The van der Waals surface area contributed by atoms with Gasteiger partial charge in [-0.1, -0.05) is 20.8 Å². The molecule has 1 amide bonds. The Morgan fingerprint density at radius 3 is 2.80 bits per heavy atom. The lowest BCUT2D eigenvalue weighted by molar-refractivity contribution is -0.128. The van der Waals surface area contributed by atoms with Gasteiger partial charge >= 0.3 is 0 Å². The Morgan fingerprint density at radius 2 is 2.27 bits per heavy atom. The number of carbonyl (C=O) groups is 1. The van der Waals surface area contributed by atoms with E-state index in [-0.39, 0.29) is 11.3 Å². The van der Waals surface area contributed by atoms with Crippen molar-refractivity contribution in [2.75, 3.05) is 6.54 Å². The molecule has 0 saturated heterocycles. The molecule has 0 bridgehead atoms. The van der Waals surface area contributed by atoms with Crippen molar-refractivity contribution >= 4 is 5.91 Å². The molecule has 0 fully saturated rings. The Balaban J connectivity index is 2.15. The van der Waals surface area contributed by atoms with Gasteiger partial charge in [0.05, 0.1) is 0 Å². The molecule has 0 spiro atoms. The van der Waals surface area contributed by atoms with E-state index in [0.717, 1.165) is 18.7 Å². The summed E-state index contributed by atoms with van der Waals surface area (Å²) in [5.41, 5.74) is -0.301. The molecule has 0 aliphatic carbocycles. The lowest BCUT2D eigenvalue weighted by Gasteiger charge is -2.17. The molecule has 0 unspecified atom stereocenters. The molecule has 0 atom stereocenters. The van der Waals surface area contributed by atoms with Crippen molar-refractivity contribution < 1.29 is 4.79 Å². The molecule has 1 heterocycles. The number of hydrogen-bond donors (Lipinski definition) is 2. The summed E-state index contributed by atoms with van der Waals surface area (Å²) in [4.78, 5) is 18.6. The van der Waals surface area contributed by atoms with E-state index in [1.54, 1.807) is 6.20 Å². The van der Waals surface area contributed by atoms with E-state index in [0.29, 0.717) is 6.54 Å². The molecule has 1 rings (SSSR count). The fraction of sp³-hybridized carbons (Fsp3) is 0.636. The monoisotopic (exact) mass is 209 g/mol. The quantitative estimate of drug-likeness (QED) is 0.738. The average Bonchev–Trinajstić information content (AvgIpc) is 2.63. The Hall–Kier alpha value is -1.32. The van der Waals surface area contributed by atoms with E-state index in [1.165, 1.54) is 0 Å². The minimum Gasteiger partial charge on any atom is -0.356 e. The number of nitrogens with zero attached hydrogens (tertiary/aromatic N) is 1. The van der Waals surface area contributed by atoms with Crippen molar-refractivity contribution in [2.24, 2.45) is 5.41 Å². The van der Waals surface area contributed by atoms with Crippen LogP contribution in [-0.2, 0) is 11.2 Å². The second-order valence-electron chi connectivity index (χ2n) is 4.65. The van der Waals surface area contributed by atoms with Crippen LogP contribution in [-0.4, -0.2) is 22.4 Å². The van der Waals surface area contributed by atoms with Gasteiger partial charge < -0.3 is 10.3 Å². The molecule has 84 valence electrons. The van der Waals surface area contributed by atoms with Crippen molar-refractivity contribution in [1.29, 1.82) is 0 Å². The lowest BCUT2D eigenvalue weighted by Crippen LogP contribution is -2.35. The SMILES string of the molecule is CC(C)(C)C(=O)NCCCc1ncc[nH]1. The lowest BCUT2D eigenvalue weighted by atomic mass is 9.96. The van der Waals surface area contributed by atoms with Crippen molar-refractivity contribution in [3.05, 3.63) is 18.2 Å². The fourth-order valence-electron chi connectivity index (χ4n) is 1.16. The largest absolute Gasteiger partial charge is 0.356 e. The second-order valence-corrected chi connectivity index (χ2v) is 4.65. The van der Waals surface area contributed by atoms with E-state index >= 15 is 0 Å². The molecule has 0 aromatic carbocycles. The molecule has 0 aliphatic heterocycles. The second kappa shape index (κ2) is 4.96. The third-order valence-electron chi connectivity index (χ3n) is 2.11. The first-order valence-electron chi connectivity index (χ1n) is 5.27. The summed E-state index contributed by atoms with van der Waals surface area (Å²) in [5.74, 6) is 1.07. The highest BCUT2D eigenvalue weighted by molar-refractivity contribution is 5.81. The highest BCUT2D eigenvalue weighted by Crippen LogP contribution is 2.12. The number of H-pyrrole nitrogens is 1. The maximum absolute atomic E-state index is 11.5. The zero-order valence-corrected chi connectivity index (χ0v) is 9.63. The summed E-state index contributed by atoms with van der Waals surface area (Å²) < 4.78 is 0. The smallest absolute Gasteiger partial charge is 0.225 e. The normalized spacial score (nSPS) is 11.4. The van der Waals surface area contributed by atoms with Crippen LogP contribution >= 0.6 is 0 Å². The molecule has 15 heavy (non-hydrogen) atoms. The standard InChI is InChI=1S/C11H19N3O/c1-11(2,3)10(15)14-6-4-5-9-12-7-8-13-9/h7-8H,4-6H2,1-3H3,(H,12,13)(H,14,15). The molecule has 1 aromatic rings. The first kappa shape index (κ1) is 11.8. The number of aromatic amines is 1. The predicted octanol–water partition coefficient (Wildman–Crippen LogP) is 1.50. The maximum Gasteiger partial charge on any atom is 0.225 e. The molecule has 0 saturated carbocycles. The van der Waals surface area contributed by atoms with Gasteiger partial charge in [0.25, 0.3) is 0 Å². The van der Waals surface area contributed by atoms with Crippen LogP contribution in [0.3, 0.4) is 0 Å². The van der Waals surface area contributed by atoms with Gasteiger partial charge in [-0.25, -0.2) is 4.98 Å². The van der Waals surface area contributed by atoms with E-state index < -0.39 is 0 Å². The zero-order chi connectivity index (χ0) is 11.3. The Morgan fingerprint density at radius 1 is 1.53 bits per heavy atom. The number of aryl methyl sites for hydroxylation is 1. The van der Waals surface area contributed by atoms with Crippen LogP contribution in [0, 0.1) is 5.41 Å². The predicted molar refractivity (Wildman–Crippen MR) is 59.4 cm³/mol. The summed E-state index contributed by atoms with van der Waals surface area (Å²) in [7, 11) is 0. The maximum atomic E-state index is 11.5. The average molecular weight is 209 g/mol. The Kier molecular flexibility index (Phi) is 3.88. The zero-order valence-electron chi connectivity index (χ0n) is 9.63. The van der Waals surface area contributed by atoms with Gasteiger partial charge in [-0.05, 0) is 6.42 Å². The third kappa shape index (κ3) is 4.14. The number of nitrogens with one attached hydrogen (secondary N) is 2. The van der Waals surface area contributed by atoms with E-state index in [4.69, 9.17) is 0 Å². The summed E-state index contributed by atoms with van der Waals surface area (Å²) in [6.07, 6.45) is 5.33. The van der Waals surface area contributed by atoms with E-state index in [2.05, 4.69) is 15.3 Å². The molecule has 4 heteroatoms. The van der Waals surface area contributed by atoms with Gasteiger partial charge in [-0.3, -0.25) is 4.79 Å². The van der Waals surface area contributed by atoms with Crippen LogP contribution in [0.4, 0.5) is 0 Å². The number of rotatable bonds is 4. The van der Waals surface area contributed by atoms with Gasteiger partial charge in [0, 0.05) is 30.8 Å². The molecular weight excluding hydrogens is 190 g/mol. The summed E-state index contributed by atoms with van der Waals surface area (Å²) in [5, 5.41) is 2.90. The molecular formula is C11H19N3O. The van der Waals surface area contributed by atoms with Gasteiger partial charge in [0.2, 0.25) is 5.91 Å². The van der Waals surface area contributed by atoms with Crippen LogP contribution in [0.25, 0.3) is 0 Å². The van der Waals surface area contributed by atoms with Crippen LogP contribution < -0.4 is 5.32 Å². The number of imidazole rings is 1. The van der Waals surface area contributed by atoms with Crippen molar-refractivity contribution in [1.82, 2.24) is 15.3 Å². The minimum atomic E-state index is -0.301. The topological polar surface area (TPSA) is 57.8 Å². The van der Waals surface area contributed by atoms with E-state index in [1.807, 2.05) is 27.0 Å². The van der Waals surface area contributed by atoms with Gasteiger partial charge in [0.1, 0.15) is 5.82 Å². The van der Waals surface area contributed by atoms with Crippen LogP contribution in [0.15, 0.2) is 12.4 Å². The van der Waals surface area contributed by atoms with Gasteiger partial charge in [-0.15, -0.1) is 0 Å². The third-order valence-corrected chi connectivity index (χ3v) is 2.11. The van der Waals surface area contributed by atoms with E-state index in [9.17, 15) is 4.79 Å². The molecule has 0 radical (unpaired) electrons. The number of amides is 1. The highest BCUT2D eigenvalue weighted by Gasteiger charge is 2.20. The molecule has 1 aromatic heterocycles. The van der Waals surface area contributed by atoms with Crippen molar-refractivity contribution in [2.45, 2.75) is 33.6 Å². The van der Waals surface area contributed by atoms with Crippen molar-refractivity contribution in [3.8, 4) is 0 Å². The Labute approximate surface area is 90.5 Å². The Bertz CT molecular complexity index is 298. The van der Waals surface area contributed by atoms with Gasteiger partial charge in [-0.2, -0.15) is 0 Å². The minimum absolute atomic E-state index is 0.0990. The summed E-state index contributed by atoms with van der Waals surface area (Å²) in [6, 6.07) is 0. The summed E-state index contributed by atoms with van der Waals surface area (Å²) in [6.45, 7) is 6.44. The molecule has 0 aliphatic rings. The van der Waals surface area contributed by atoms with Crippen LogP contribution in [0.5, 0.6) is 0 Å². The number of carbonyl (C=O) groups excluding carboxylic acids is 1. The highest BCUT2D eigenvalue weighted by atomic mass is 16.2. The summed E-state index contributed by atoms with van der Waals surface area (Å²) >= 11 is 0. The van der Waals surface area contributed by atoms with Gasteiger partial charge in [0.15, 0.2) is 0 Å².